The van der Waals surface area contributed by atoms with Gasteiger partial charge in [-0.25, -0.2) is 4.98 Å². The third-order valence-electron chi connectivity index (χ3n) is 5.28. The van der Waals surface area contributed by atoms with Gasteiger partial charge in [0.15, 0.2) is 0 Å². The summed E-state index contributed by atoms with van der Waals surface area (Å²) in [5.74, 6) is 0.389. The average Bonchev–Trinajstić information content (AvgIpc) is 2.67. The standard InChI is InChI=1S/C18H25ClF3N5O/c1-12(2)27-4-3-23-15(11-27)17(28)26-7-5-25(6-8-26)16-14(19)9-13(10-24-16)18(20,21)22/h9-10,12,15,23H,3-8,11H2,1-2H3/t15-/m1/s1. The van der Waals surface area contributed by atoms with E-state index < -0.39 is 11.7 Å². The first kappa shape index (κ1) is 21.1. The summed E-state index contributed by atoms with van der Waals surface area (Å²) < 4.78 is 38.3. The van der Waals surface area contributed by atoms with Crippen molar-refractivity contribution in [3.05, 3.63) is 22.8 Å². The van der Waals surface area contributed by atoms with Crippen LogP contribution in [0.25, 0.3) is 0 Å². The molecular weight excluding hydrogens is 395 g/mol. The Balaban J connectivity index is 1.59. The van der Waals surface area contributed by atoms with E-state index in [2.05, 4.69) is 29.0 Å². The number of halogens is 4. The first-order valence-corrected chi connectivity index (χ1v) is 9.78. The van der Waals surface area contributed by atoms with Crippen LogP contribution >= 0.6 is 11.6 Å². The van der Waals surface area contributed by atoms with E-state index >= 15 is 0 Å². The van der Waals surface area contributed by atoms with Crippen molar-refractivity contribution in [2.24, 2.45) is 0 Å². The molecule has 1 aromatic heterocycles. The van der Waals surface area contributed by atoms with Crippen molar-refractivity contribution < 1.29 is 18.0 Å². The second-order valence-corrected chi connectivity index (χ2v) is 7.84. The maximum absolute atomic E-state index is 12.8. The van der Waals surface area contributed by atoms with Crippen molar-refractivity contribution in [3.63, 3.8) is 0 Å². The zero-order valence-corrected chi connectivity index (χ0v) is 16.7. The fourth-order valence-electron chi connectivity index (χ4n) is 3.58. The summed E-state index contributed by atoms with van der Waals surface area (Å²) in [4.78, 5) is 22.6. The van der Waals surface area contributed by atoms with E-state index in [0.29, 0.717) is 44.6 Å². The normalized spacial score (nSPS) is 22.0. The van der Waals surface area contributed by atoms with Gasteiger partial charge in [-0.15, -0.1) is 0 Å². The van der Waals surface area contributed by atoms with Crippen molar-refractivity contribution >= 4 is 23.3 Å². The Hall–Kier alpha value is -1.58. The van der Waals surface area contributed by atoms with Crippen LogP contribution in [0.5, 0.6) is 0 Å². The predicted octanol–water partition coefficient (Wildman–Crippen LogP) is 2.08. The molecule has 0 aromatic carbocycles. The van der Waals surface area contributed by atoms with Gasteiger partial charge in [0, 0.05) is 58.1 Å². The second kappa shape index (κ2) is 8.42. The predicted molar refractivity (Wildman–Crippen MR) is 102 cm³/mol. The smallest absolute Gasteiger partial charge is 0.352 e. The van der Waals surface area contributed by atoms with Crippen LogP contribution < -0.4 is 10.2 Å². The summed E-state index contributed by atoms with van der Waals surface area (Å²) in [6.07, 6.45) is -3.68. The van der Waals surface area contributed by atoms with E-state index in [1.807, 2.05) is 4.90 Å². The van der Waals surface area contributed by atoms with Crippen LogP contribution in [-0.4, -0.2) is 78.6 Å². The van der Waals surface area contributed by atoms with Gasteiger partial charge in [0.2, 0.25) is 5.91 Å². The van der Waals surface area contributed by atoms with Gasteiger partial charge in [0.1, 0.15) is 5.82 Å². The number of nitrogens with zero attached hydrogens (tertiary/aromatic N) is 4. The number of rotatable bonds is 3. The molecular formula is C18H25ClF3N5O. The Labute approximate surface area is 167 Å². The van der Waals surface area contributed by atoms with Crippen molar-refractivity contribution in [2.45, 2.75) is 32.1 Å². The molecule has 1 N–H and O–H groups in total. The van der Waals surface area contributed by atoms with Crippen LogP contribution in [0.4, 0.5) is 19.0 Å². The molecule has 2 fully saturated rings. The van der Waals surface area contributed by atoms with E-state index in [0.717, 1.165) is 25.4 Å². The maximum atomic E-state index is 12.8. The van der Waals surface area contributed by atoms with Gasteiger partial charge >= 0.3 is 6.18 Å². The van der Waals surface area contributed by atoms with E-state index in [9.17, 15) is 18.0 Å². The van der Waals surface area contributed by atoms with Crippen LogP contribution in [0.1, 0.15) is 19.4 Å². The number of hydrogen-bond donors (Lipinski definition) is 1. The van der Waals surface area contributed by atoms with Crippen molar-refractivity contribution in [1.82, 2.24) is 20.1 Å². The van der Waals surface area contributed by atoms with Gasteiger partial charge in [0.25, 0.3) is 0 Å². The van der Waals surface area contributed by atoms with Gasteiger partial charge in [-0.1, -0.05) is 11.6 Å². The molecule has 2 saturated heterocycles. The third kappa shape index (κ3) is 4.69. The molecule has 28 heavy (non-hydrogen) atoms. The lowest BCUT2D eigenvalue weighted by Crippen LogP contribution is -2.61. The van der Waals surface area contributed by atoms with Gasteiger partial charge in [0.05, 0.1) is 16.6 Å². The lowest BCUT2D eigenvalue weighted by Gasteiger charge is -2.40. The van der Waals surface area contributed by atoms with Crippen LogP contribution in [0.3, 0.4) is 0 Å². The molecule has 0 unspecified atom stereocenters. The lowest BCUT2D eigenvalue weighted by molar-refractivity contribution is -0.138. The lowest BCUT2D eigenvalue weighted by atomic mass is 10.1. The molecule has 10 heteroatoms. The molecule has 3 heterocycles. The molecule has 0 saturated carbocycles. The van der Waals surface area contributed by atoms with Crippen LogP contribution in [0.15, 0.2) is 12.3 Å². The second-order valence-electron chi connectivity index (χ2n) is 7.43. The Morgan fingerprint density at radius 1 is 1.25 bits per heavy atom. The molecule has 3 rings (SSSR count). The molecule has 1 amide bonds. The molecule has 6 nitrogen and oxygen atoms in total. The largest absolute Gasteiger partial charge is 0.417 e. The monoisotopic (exact) mass is 419 g/mol. The molecule has 1 atom stereocenters. The summed E-state index contributed by atoms with van der Waals surface area (Å²) >= 11 is 6.03. The minimum Gasteiger partial charge on any atom is -0.352 e. The highest BCUT2D eigenvalue weighted by molar-refractivity contribution is 6.33. The van der Waals surface area contributed by atoms with Gasteiger partial charge < -0.3 is 15.1 Å². The number of aromatic nitrogens is 1. The Morgan fingerprint density at radius 3 is 2.50 bits per heavy atom. The van der Waals surface area contributed by atoms with E-state index in [1.165, 1.54) is 0 Å². The summed E-state index contributed by atoms with van der Waals surface area (Å²) in [6.45, 7) is 8.54. The maximum Gasteiger partial charge on any atom is 0.417 e. The van der Waals surface area contributed by atoms with Crippen molar-refractivity contribution in [3.8, 4) is 0 Å². The van der Waals surface area contributed by atoms with Gasteiger partial charge in [-0.05, 0) is 19.9 Å². The Kier molecular flexibility index (Phi) is 6.36. The number of carbonyl (C=O) groups excluding carboxylic acids is 1. The number of anilines is 1. The topological polar surface area (TPSA) is 51.7 Å². The highest BCUT2D eigenvalue weighted by Gasteiger charge is 2.34. The SMILES string of the molecule is CC(C)N1CCN[C@@H](C(=O)N2CCN(c3ncc(C(F)(F)F)cc3Cl)CC2)C1. The molecule has 1 aromatic rings. The number of carbonyl (C=O) groups is 1. The highest BCUT2D eigenvalue weighted by atomic mass is 35.5. The van der Waals surface area contributed by atoms with Crippen molar-refractivity contribution in [1.29, 1.82) is 0 Å². The zero-order chi connectivity index (χ0) is 20.5. The van der Waals surface area contributed by atoms with E-state index in [4.69, 9.17) is 11.6 Å². The molecule has 0 radical (unpaired) electrons. The Bertz CT molecular complexity index is 707. The number of piperazine rings is 2. The Morgan fingerprint density at radius 2 is 1.93 bits per heavy atom. The zero-order valence-electron chi connectivity index (χ0n) is 16.0. The summed E-state index contributed by atoms with van der Waals surface area (Å²) in [5, 5.41) is 3.26. The van der Waals surface area contributed by atoms with E-state index in [-0.39, 0.29) is 17.0 Å². The van der Waals surface area contributed by atoms with Gasteiger partial charge in [-0.2, -0.15) is 13.2 Å². The first-order chi connectivity index (χ1) is 13.2. The summed E-state index contributed by atoms with van der Waals surface area (Å²) in [5.41, 5.74) is -0.867. The third-order valence-corrected chi connectivity index (χ3v) is 5.55. The first-order valence-electron chi connectivity index (χ1n) is 9.40. The van der Waals surface area contributed by atoms with Crippen LogP contribution in [-0.2, 0) is 11.0 Å². The minimum absolute atomic E-state index is 0.0314. The van der Waals surface area contributed by atoms with Gasteiger partial charge in [-0.3, -0.25) is 9.69 Å². The molecule has 0 aliphatic carbocycles. The number of nitrogens with one attached hydrogen (secondary N) is 1. The number of pyridine rings is 1. The summed E-state index contributed by atoms with van der Waals surface area (Å²) in [6, 6.07) is 1.06. The summed E-state index contributed by atoms with van der Waals surface area (Å²) in [7, 11) is 0. The number of hydrogen-bond acceptors (Lipinski definition) is 5. The number of alkyl halides is 3. The highest BCUT2D eigenvalue weighted by Crippen LogP contribution is 2.33. The molecule has 0 bridgehead atoms. The molecule has 0 spiro atoms. The molecule has 2 aliphatic rings. The van der Waals surface area contributed by atoms with Crippen LogP contribution in [0, 0.1) is 0 Å². The van der Waals surface area contributed by atoms with Crippen LogP contribution in [0.2, 0.25) is 5.02 Å². The molecule has 156 valence electrons. The molecule has 2 aliphatic heterocycles. The fraction of sp³-hybridized carbons (Fsp3) is 0.667. The fourth-order valence-corrected chi connectivity index (χ4v) is 3.87. The average molecular weight is 420 g/mol. The minimum atomic E-state index is -4.48. The van der Waals surface area contributed by atoms with Crippen molar-refractivity contribution in [2.75, 3.05) is 50.7 Å². The van der Waals surface area contributed by atoms with E-state index in [1.54, 1.807) is 4.90 Å². The quantitative estimate of drug-likeness (QED) is 0.813. The number of amides is 1.